The van der Waals surface area contributed by atoms with Crippen LogP contribution in [0.1, 0.15) is 21.3 Å². The Morgan fingerprint density at radius 2 is 2.06 bits per heavy atom. The summed E-state index contributed by atoms with van der Waals surface area (Å²) in [7, 11) is 0. The molecule has 2 N–H and O–H groups in total. The van der Waals surface area contributed by atoms with Gasteiger partial charge < -0.3 is 10.4 Å². The lowest BCUT2D eigenvalue weighted by Crippen LogP contribution is -2.30. The summed E-state index contributed by atoms with van der Waals surface area (Å²) in [5.41, 5.74) is 0.890. The third-order valence-corrected chi connectivity index (χ3v) is 4.35. The van der Waals surface area contributed by atoms with Gasteiger partial charge in [-0.25, -0.2) is 0 Å². The fraction of sp³-hybridized carbons (Fsp3) is 0.154. The van der Waals surface area contributed by atoms with Gasteiger partial charge in [0.1, 0.15) is 4.88 Å². The first-order chi connectivity index (χ1) is 8.72. The van der Waals surface area contributed by atoms with Crippen molar-refractivity contribution in [3.8, 4) is 0 Å². The number of carbonyl (C=O) groups excluding carboxylic acids is 1. The molecule has 1 atom stereocenters. The number of rotatable bonds is 4. The number of benzene rings is 1. The summed E-state index contributed by atoms with van der Waals surface area (Å²) in [6, 6.07) is 10.9. The van der Waals surface area contributed by atoms with Crippen molar-refractivity contribution in [3.05, 3.63) is 56.7 Å². The Morgan fingerprint density at radius 3 is 2.61 bits per heavy atom. The largest absolute Gasteiger partial charge is 0.394 e. The molecule has 5 heteroatoms. The maximum atomic E-state index is 12.0. The number of hydrogen-bond acceptors (Lipinski definition) is 3. The third kappa shape index (κ3) is 2.98. The van der Waals surface area contributed by atoms with Gasteiger partial charge in [0.15, 0.2) is 0 Å². The molecule has 1 aromatic heterocycles. The van der Waals surface area contributed by atoms with Gasteiger partial charge in [-0.15, -0.1) is 11.3 Å². The van der Waals surface area contributed by atoms with Crippen LogP contribution in [0.4, 0.5) is 0 Å². The highest BCUT2D eigenvalue weighted by atomic mass is 79.9. The standard InChI is InChI=1S/C13H12BrNO2S/c14-10-6-7-18-12(10)13(17)15-11(8-16)9-4-2-1-3-5-9/h1-7,11,16H,8H2,(H,15,17). The number of carbonyl (C=O) groups is 1. The Hall–Kier alpha value is -1.17. The minimum absolute atomic E-state index is 0.126. The molecule has 94 valence electrons. The molecule has 1 heterocycles. The van der Waals surface area contributed by atoms with E-state index in [-0.39, 0.29) is 18.6 Å². The van der Waals surface area contributed by atoms with E-state index < -0.39 is 0 Å². The second-order valence-corrected chi connectivity index (χ2v) is 5.49. The Labute approximate surface area is 118 Å². The fourth-order valence-electron chi connectivity index (χ4n) is 1.60. The van der Waals surface area contributed by atoms with E-state index in [9.17, 15) is 9.90 Å². The van der Waals surface area contributed by atoms with Gasteiger partial charge in [-0.05, 0) is 32.9 Å². The summed E-state index contributed by atoms with van der Waals surface area (Å²) in [6.07, 6.45) is 0. The van der Waals surface area contributed by atoms with Crippen LogP contribution in [0, 0.1) is 0 Å². The first-order valence-electron chi connectivity index (χ1n) is 5.42. The van der Waals surface area contributed by atoms with Crippen molar-refractivity contribution in [2.24, 2.45) is 0 Å². The van der Waals surface area contributed by atoms with Crippen LogP contribution < -0.4 is 5.32 Å². The number of thiophene rings is 1. The number of aliphatic hydroxyl groups excluding tert-OH is 1. The molecule has 0 aliphatic rings. The molecular weight excluding hydrogens is 314 g/mol. The summed E-state index contributed by atoms with van der Waals surface area (Å²) in [6.45, 7) is -0.126. The topological polar surface area (TPSA) is 49.3 Å². The van der Waals surface area contributed by atoms with Crippen molar-refractivity contribution in [3.63, 3.8) is 0 Å². The van der Waals surface area contributed by atoms with Crippen LogP contribution in [0.15, 0.2) is 46.3 Å². The SMILES string of the molecule is O=C(NC(CO)c1ccccc1)c1sccc1Br. The molecule has 1 aromatic carbocycles. The second kappa shape index (κ2) is 6.13. The third-order valence-electron chi connectivity index (χ3n) is 2.51. The van der Waals surface area contributed by atoms with E-state index in [1.165, 1.54) is 11.3 Å². The van der Waals surface area contributed by atoms with Crippen molar-refractivity contribution < 1.29 is 9.90 Å². The lowest BCUT2D eigenvalue weighted by atomic mass is 10.1. The van der Waals surface area contributed by atoms with Crippen LogP contribution in [-0.4, -0.2) is 17.6 Å². The zero-order valence-corrected chi connectivity index (χ0v) is 11.9. The number of nitrogens with one attached hydrogen (secondary N) is 1. The van der Waals surface area contributed by atoms with Gasteiger partial charge in [0.2, 0.25) is 0 Å². The van der Waals surface area contributed by atoms with E-state index in [1.807, 2.05) is 41.8 Å². The summed E-state index contributed by atoms with van der Waals surface area (Å²) >= 11 is 4.69. The molecule has 1 unspecified atom stereocenters. The van der Waals surface area contributed by atoms with Crippen LogP contribution in [0.3, 0.4) is 0 Å². The van der Waals surface area contributed by atoms with Crippen LogP contribution in [0.25, 0.3) is 0 Å². The fourth-order valence-corrected chi connectivity index (χ4v) is 3.05. The van der Waals surface area contributed by atoms with Gasteiger partial charge in [-0.3, -0.25) is 4.79 Å². The molecule has 2 rings (SSSR count). The smallest absolute Gasteiger partial charge is 0.263 e. The van der Waals surface area contributed by atoms with Gasteiger partial charge in [0.25, 0.3) is 5.91 Å². The lowest BCUT2D eigenvalue weighted by molar-refractivity contribution is 0.0919. The van der Waals surface area contributed by atoms with Crippen molar-refractivity contribution in [2.75, 3.05) is 6.61 Å². The molecule has 1 amide bonds. The average molecular weight is 326 g/mol. The second-order valence-electron chi connectivity index (χ2n) is 3.72. The van der Waals surface area contributed by atoms with Gasteiger partial charge in [-0.2, -0.15) is 0 Å². The van der Waals surface area contributed by atoms with E-state index in [4.69, 9.17) is 0 Å². The Kier molecular flexibility index (Phi) is 4.52. The molecule has 3 nitrogen and oxygen atoms in total. The highest BCUT2D eigenvalue weighted by Gasteiger charge is 2.17. The van der Waals surface area contributed by atoms with Crippen molar-refractivity contribution in [2.45, 2.75) is 6.04 Å². The molecule has 0 radical (unpaired) electrons. The number of amides is 1. The van der Waals surface area contributed by atoms with Gasteiger partial charge in [0.05, 0.1) is 12.6 Å². The number of halogens is 1. The molecule has 2 aromatic rings. The molecule has 0 spiro atoms. The van der Waals surface area contributed by atoms with Crippen LogP contribution in [-0.2, 0) is 0 Å². The minimum Gasteiger partial charge on any atom is -0.394 e. The van der Waals surface area contributed by atoms with E-state index in [0.717, 1.165) is 10.0 Å². The predicted molar refractivity (Wildman–Crippen MR) is 75.8 cm³/mol. The van der Waals surface area contributed by atoms with Gasteiger partial charge >= 0.3 is 0 Å². The summed E-state index contributed by atoms with van der Waals surface area (Å²) in [5, 5.41) is 14.0. The lowest BCUT2D eigenvalue weighted by Gasteiger charge is -2.16. The molecule has 18 heavy (non-hydrogen) atoms. The molecule has 0 bridgehead atoms. The molecule has 0 aliphatic heterocycles. The van der Waals surface area contributed by atoms with E-state index >= 15 is 0 Å². The quantitative estimate of drug-likeness (QED) is 0.907. The zero-order chi connectivity index (χ0) is 13.0. The number of aliphatic hydroxyl groups is 1. The summed E-state index contributed by atoms with van der Waals surface area (Å²) < 4.78 is 0.773. The van der Waals surface area contributed by atoms with Crippen molar-refractivity contribution in [1.82, 2.24) is 5.32 Å². The highest BCUT2D eigenvalue weighted by Crippen LogP contribution is 2.23. The Balaban J connectivity index is 2.13. The molecule has 0 fully saturated rings. The molecule has 0 aliphatic carbocycles. The molecular formula is C13H12BrNO2S. The maximum absolute atomic E-state index is 12.0. The predicted octanol–water partition coefficient (Wildman–Crippen LogP) is 2.97. The van der Waals surface area contributed by atoms with Gasteiger partial charge in [0, 0.05) is 4.47 Å². The monoisotopic (exact) mass is 325 g/mol. The van der Waals surface area contributed by atoms with Gasteiger partial charge in [-0.1, -0.05) is 30.3 Å². The van der Waals surface area contributed by atoms with Crippen LogP contribution in [0.5, 0.6) is 0 Å². The zero-order valence-electron chi connectivity index (χ0n) is 9.47. The highest BCUT2D eigenvalue weighted by molar-refractivity contribution is 9.10. The molecule has 0 saturated carbocycles. The van der Waals surface area contributed by atoms with E-state index in [0.29, 0.717) is 4.88 Å². The minimum atomic E-state index is -0.382. The summed E-state index contributed by atoms with van der Waals surface area (Å²) in [4.78, 5) is 12.6. The van der Waals surface area contributed by atoms with Crippen molar-refractivity contribution in [1.29, 1.82) is 0 Å². The van der Waals surface area contributed by atoms with Crippen LogP contribution in [0.2, 0.25) is 0 Å². The first-order valence-corrected chi connectivity index (χ1v) is 7.09. The number of hydrogen-bond donors (Lipinski definition) is 2. The van der Waals surface area contributed by atoms with E-state index in [1.54, 1.807) is 0 Å². The maximum Gasteiger partial charge on any atom is 0.263 e. The van der Waals surface area contributed by atoms with E-state index in [2.05, 4.69) is 21.2 Å². The first kappa shape index (κ1) is 13.3. The van der Waals surface area contributed by atoms with Crippen molar-refractivity contribution >= 4 is 33.2 Å². The average Bonchev–Trinajstić information content (AvgIpc) is 2.83. The Morgan fingerprint density at radius 1 is 1.33 bits per heavy atom. The van der Waals surface area contributed by atoms with Crippen LogP contribution >= 0.6 is 27.3 Å². The Bertz CT molecular complexity index is 527. The molecule has 0 saturated heterocycles. The normalized spacial score (nSPS) is 12.1. The summed E-state index contributed by atoms with van der Waals surface area (Å²) in [5.74, 6) is -0.181.